The highest BCUT2D eigenvalue weighted by molar-refractivity contribution is 6.00. The van der Waals surface area contributed by atoms with E-state index in [-0.39, 0.29) is 0 Å². The van der Waals surface area contributed by atoms with Gasteiger partial charge in [-0.05, 0) is 25.5 Å². The molecule has 1 rings (SSSR count). The smallest absolute Gasteiger partial charge is 0.250 e. The number of amides is 1. The molecule has 0 saturated carbocycles. The molecule has 4 nitrogen and oxygen atoms in total. The highest BCUT2D eigenvalue weighted by atomic mass is 16.1. The van der Waals surface area contributed by atoms with Crippen LogP contribution in [0.3, 0.4) is 0 Å². The lowest BCUT2D eigenvalue weighted by Gasteiger charge is -2.04. The van der Waals surface area contributed by atoms with E-state index < -0.39 is 5.91 Å². The summed E-state index contributed by atoms with van der Waals surface area (Å²) in [6.45, 7) is 3.68. The maximum atomic E-state index is 10.9. The highest BCUT2D eigenvalue weighted by Crippen LogP contribution is 2.09. The Kier molecular flexibility index (Phi) is 2.41. The lowest BCUT2D eigenvalue weighted by atomic mass is 10.1. The summed E-state index contributed by atoms with van der Waals surface area (Å²) in [5, 5.41) is 7.05. The predicted molar refractivity (Wildman–Crippen MR) is 50.1 cm³/mol. The Morgan fingerprint density at radius 1 is 1.62 bits per heavy atom. The molecule has 0 fully saturated rings. The molecule has 13 heavy (non-hydrogen) atoms. The van der Waals surface area contributed by atoms with Crippen molar-refractivity contribution in [1.82, 2.24) is 4.98 Å². The largest absolute Gasteiger partial charge is 0.366 e. The van der Waals surface area contributed by atoms with E-state index in [2.05, 4.69) is 4.98 Å². The maximum absolute atomic E-state index is 10.9. The first-order valence-electron chi connectivity index (χ1n) is 3.84. The number of nitrogens with one attached hydrogen (secondary N) is 1. The minimum atomic E-state index is -0.547. The van der Waals surface area contributed by atoms with Crippen LogP contribution in [0.5, 0.6) is 0 Å². The van der Waals surface area contributed by atoms with E-state index in [0.29, 0.717) is 11.3 Å². The fourth-order valence-corrected chi connectivity index (χ4v) is 1.03. The van der Waals surface area contributed by atoms with E-state index in [4.69, 9.17) is 11.1 Å². The summed E-state index contributed by atoms with van der Waals surface area (Å²) in [7, 11) is 0. The second-order valence-electron chi connectivity index (χ2n) is 2.83. The first kappa shape index (κ1) is 9.38. The van der Waals surface area contributed by atoms with Crippen LogP contribution in [-0.2, 0) is 0 Å². The highest BCUT2D eigenvalue weighted by Gasteiger charge is 2.09. The molecule has 0 spiro atoms. The summed E-state index contributed by atoms with van der Waals surface area (Å²) in [6.07, 6.45) is 1.03. The van der Waals surface area contributed by atoms with Crippen molar-refractivity contribution in [2.45, 2.75) is 13.8 Å². The van der Waals surface area contributed by atoms with Crippen LogP contribution >= 0.6 is 0 Å². The summed E-state index contributed by atoms with van der Waals surface area (Å²) >= 11 is 0. The van der Waals surface area contributed by atoms with Crippen LogP contribution in [0, 0.1) is 19.3 Å². The van der Waals surface area contributed by atoms with Crippen LogP contribution < -0.4 is 5.73 Å². The summed E-state index contributed by atoms with van der Waals surface area (Å²) in [4.78, 5) is 15.0. The molecule has 0 atom stereocenters. The van der Waals surface area contributed by atoms with E-state index >= 15 is 0 Å². The standard InChI is InChI=1S/C9H11N3O/c1-5-3-7(9(11)13)8(4-10)12-6(5)2/h3-4,10H,1-2H3,(H2,11,13). The predicted octanol–water partition coefficient (Wildman–Crippen LogP) is 0.795. The number of aryl methyl sites for hydroxylation is 2. The van der Waals surface area contributed by atoms with Crippen molar-refractivity contribution in [3.8, 4) is 0 Å². The van der Waals surface area contributed by atoms with Crippen molar-refractivity contribution >= 4 is 12.1 Å². The molecule has 0 aliphatic rings. The summed E-state index contributed by atoms with van der Waals surface area (Å²) in [5.41, 5.74) is 7.47. The van der Waals surface area contributed by atoms with Gasteiger partial charge in [-0.3, -0.25) is 9.78 Å². The number of rotatable bonds is 2. The molecule has 3 N–H and O–H groups in total. The van der Waals surface area contributed by atoms with Crippen molar-refractivity contribution in [2.75, 3.05) is 0 Å². The van der Waals surface area contributed by atoms with E-state index in [1.165, 1.54) is 0 Å². The number of nitrogens with zero attached hydrogens (tertiary/aromatic N) is 1. The number of carbonyl (C=O) groups is 1. The molecule has 4 heteroatoms. The van der Waals surface area contributed by atoms with Gasteiger partial charge in [-0.25, -0.2) is 0 Å². The Morgan fingerprint density at radius 2 is 2.23 bits per heavy atom. The quantitative estimate of drug-likeness (QED) is 0.655. The molecule has 0 radical (unpaired) electrons. The van der Waals surface area contributed by atoms with Gasteiger partial charge in [-0.15, -0.1) is 0 Å². The second kappa shape index (κ2) is 3.35. The lowest BCUT2D eigenvalue weighted by Crippen LogP contribution is -2.15. The molecule has 0 aromatic carbocycles. The van der Waals surface area contributed by atoms with E-state index in [0.717, 1.165) is 17.5 Å². The normalized spacial score (nSPS) is 9.69. The molecule has 68 valence electrons. The van der Waals surface area contributed by atoms with Gasteiger partial charge in [-0.2, -0.15) is 0 Å². The van der Waals surface area contributed by atoms with Gasteiger partial charge in [0.2, 0.25) is 0 Å². The van der Waals surface area contributed by atoms with Crippen LogP contribution in [0.15, 0.2) is 6.07 Å². The zero-order valence-electron chi connectivity index (χ0n) is 7.59. The van der Waals surface area contributed by atoms with Crippen LogP contribution in [0.4, 0.5) is 0 Å². The van der Waals surface area contributed by atoms with Gasteiger partial charge in [0.05, 0.1) is 11.3 Å². The van der Waals surface area contributed by atoms with Gasteiger partial charge in [0.15, 0.2) is 0 Å². The molecule has 0 bridgehead atoms. The van der Waals surface area contributed by atoms with Gasteiger partial charge < -0.3 is 11.1 Å². The number of pyridine rings is 1. The van der Waals surface area contributed by atoms with E-state index in [1.54, 1.807) is 6.07 Å². The zero-order valence-corrected chi connectivity index (χ0v) is 7.59. The summed E-state index contributed by atoms with van der Waals surface area (Å²) < 4.78 is 0. The monoisotopic (exact) mass is 177 g/mol. The summed E-state index contributed by atoms with van der Waals surface area (Å²) in [6, 6.07) is 1.66. The fourth-order valence-electron chi connectivity index (χ4n) is 1.03. The van der Waals surface area contributed by atoms with Gasteiger partial charge in [0.25, 0.3) is 5.91 Å². The van der Waals surface area contributed by atoms with Crippen molar-refractivity contribution in [2.24, 2.45) is 5.73 Å². The third-order valence-corrected chi connectivity index (χ3v) is 1.90. The average Bonchev–Trinajstić information content (AvgIpc) is 2.08. The minimum absolute atomic E-state index is 0.304. The number of hydrogen-bond acceptors (Lipinski definition) is 3. The molecule has 1 amide bonds. The van der Waals surface area contributed by atoms with Crippen LogP contribution in [0.1, 0.15) is 27.3 Å². The van der Waals surface area contributed by atoms with Crippen molar-refractivity contribution in [3.63, 3.8) is 0 Å². The van der Waals surface area contributed by atoms with Gasteiger partial charge in [-0.1, -0.05) is 0 Å². The number of aromatic nitrogens is 1. The third kappa shape index (κ3) is 1.72. The number of primary amides is 1. The third-order valence-electron chi connectivity index (χ3n) is 1.90. The number of carbonyl (C=O) groups excluding carboxylic acids is 1. The van der Waals surface area contributed by atoms with Crippen molar-refractivity contribution < 1.29 is 4.79 Å². The molecule has 0 aliphatic heterocycles. The lowest BCUT2D eigenvalue weighted by molar-refractivity contribution is 0.0999. The fraction of sp³-hybridized carbons (Fsp3) is 0.222. The molecule has 1 heterocycles. The Morgan fingerprint density at radius 3 is 2.69 bits per heavy atom. The first-order chi connectivity index (χ1) is 6.06. The first-order valence-corrected chi connectivity index (χ1v) is 3.84. The topological polar surface area (TPSA) is 79.8 Å². The van der Waals surface area contributed by atoms with Gasteiger partial charge in [0.1, 0.15) is 0 Å². The van der Waals surface area contributed by atoms with Crippen LogP contribution in [0.25, 0.3) is 0 Å². The van der Waals surface area contributed by atoms with E-state index in [9.17, 15) is 4.79 Å². The summed E-state index contributed by atoms with van der Waals surface area (Å²) in [5.74, 6) is -0.547. The molecular weight excluding hydrogens is 166 g/mol. The molecule has 0 saturated heterocycles. The zero-order chi connectivity index (χ0) is 10.0. The Labute approximate surface area is 76.3 Å². The Bertz CT molecular complexity index is 371. The Balaban J connectivity index is 3.41. The molecule has 1 aromatic heterocycles. The van der Waals surface area contributed by atoms with Crippen molar-refractivity contribution in [3.05, 3.63) is 28.6 Å². The van der Waals surface area contributed by atoms with Crippen LogP contribution in [0.2, 0.25) is 0 Å². The average molecular weight is 177 g/mol. The molecule has 0 unspecified atom stereocenters. The van der Waals surface area contributed by atoms with E-state index in [1.807, 2.05) is 13.8 Å². The Hall–Kier alpha value is -1.71. The number of nitrogens with two attached hydrogens (primary N) is 1. The molecule has 1 aromatic rings. The molecule has 0 aliphatic carbocycles. The SMILES string of the molecule is Cc1cc(C(N)=O)c(C=N)nc1C. The maximum Gasteiger partial charge on any atom is 0.250 e. The molecular formula is C9H11N3O. The van der Waals surface area contributed by atoms with Crippen molar-refractivity contribution in [1.29, 1.82) is 5.41 Å². The van der Waals surface area contributed by atoms with Gasteiger partial charge in [0, 0.05) is 11.9 Å². The van der Waals surface area contributed by atoms with Crippen LogP contribution in [-0.4, -0.2) is 17.1 Å². The second-order valence-corrected chi connectivity index (χ2v) is 2.83. The minimum Gasteiger partial charge on any atom is -0.366 e. The number of hydrogen-bond donors (Lipinski definition) is 2. The van der Waals surface area contributed by atoms with Gasteiger partial charge >= 0.3 is 0 Å².